The smallest absolute Gasteiger partial charge is 0.251 e. The number of rotatable bonds is 10. The Morgan fingerprint density at radius 2 is 2.03 bits per heavy atom. The quantitative estimate of drug-likeness (QED) is 0.345. The molecule has 0 aliphatic carbocycles. The van der Waals surface area contributed by atoms with E-state index in [-0.39, 0.29) is 24.1 Å². The third-order valence-electron chi connectivity index (χ3n) is 4.31. The number of amides is 2. The van der Waals surface area contributed by atoms with E-state index in [1.807, 2.05) is 12.1 Å². The third kappa shape index (κ3) is 6.12. The molecule has 0 atom stereocenters. The van der Waals surface area contributed by atoms with Gasteiger partial charge in [-0.25, -0.2) is 0 Å². The van der Waals surface area contributed by atoms with Crippen molar-refractivity contribution in [1.82, 2.24) is 20.1 Å². The van der Waals surface area contributed by atoms with Crippen molar-refractivity contribution in [3.05, 3.63) is 77.6 Å². The van der Waals surface area contributed by atoms with Gasteiger partial charge in [0.2, 0.25) is 5.91 Å². The Bertz CT molecular complexity index is 1120. The highest BCUT2D eigenvalue weighted by molar-refractivity contribution is 7.99. The Morgan fingerprint density at radius 3 is 2.78 bits per heavy atom. The van der Waals surface area contributed by atoms with Gasteiger partial charge in [-0.1, -0.05) is 47.6 Å². The van der Waals surface area contributed by atoms with Crippen LogP contribution in [0, 0.1) is 0 Å². The average molecular weight is 472 g/mol. The van der Waals surface area contributed by atoms with Crippen LogP contribution in [0.25, 0.3) is 0 Å². The van der Waals surface area contributed by atoms with E-state index in [0.717, 1.165) is 0 Å². The van der Waals surface area contributed by atoms with Gasteiger partial charge in [0.1, 0.15) is 5.75 Å². The SMILES string of the molecule is C=CCn1c(CNC(=O)c2cccc(Cl)c2)nnc1SCC(=O)Nc1ccccc1OC. The number of methoxy groups -OCH3 is 1. The van der Waals surface area contributed by atoms with E-state index in [4.69, 9.17) is 16.3 Å². The van der Waals surface area contributed by atoms with Crippen LogP contribution in [0.2, 0.25) is 5.02 Å². The van der Waals surface area contributed by atoms with Crippen LogP contribution in [0.3, 0.4) is 0 Å². The number of halogens is 1. The maximum Gasteiger partial charge on any atom is 0.251 e. The summed E-state index contributed by atoms with van der Waals surface area (Å²) in [4.78, 5) is 24.8. The van der Waals surface area contributed by atoms with Crippen molar-refractivity contribution >= 4 is 40.9 Å². The topological polar surface area (TPSA) is 98.1 Å². The number of benzene rings is 2. The molecule has 0 bridgehead atoms. The van der Waals surface area contributed by atoms with Crippen molar-refractivity contribution in [1.29, 1.82) is 0 Å². The Balaban J connectivity index is 1.62. The van der Waals surface area contributed by atoms with Crippen LogP contribution in [0.4, 0.5) is 5.69 Å². The lowest BCUT2D eigenvalue weighted by Gasteiger charge is -2.10. The summed E-state index contributed by atoms with van der Waals surface area (Å²) in [5.41, 5.74) is 1.05. The molecule has 2 aromatic carbocycles. The van der Waals surface area contributed by atoms with Gasteiger partial charge in [-0.15, -0.1) is 16.8 Å². The fourth-order valence-electron chi connectivity index (χ4n) is 2.82. The standard InChI is InChI=1S/C22H22ClN5O3S/c1-3-11-28-19(13-24-21(30)15-7-6-8-16(23)12-15)26-27-22(28)32-14-20(29)25-17-9-4-5-10-18(17)31-2/h3-10,12H,1,11,13-14H2,2H3,(H,24,30)(H,25,29). The van der Waals surface area contributed by atoms with Crippen LogP contribution in [-0.2, 0) is 17.9 Å². The van der Waals surface area contributed by atoms with E-state index in [1.54, 1.807) is 54.2 Å². The second-order valence-electron chi connectivity index (χ2n) is 6.53. The number of ether oxygens (including phenoxy) is 1. The van der Waals surface area contributed by atoms with Crippen LogP contribution in [0.15, 0.2) is 66.3 Å². The summed E-state index contributed by atoms with van der Waals surface area (Å²) < 4.78 is 7.05. The van der Waals surface area contributed by atoms with E-state index < -0.39 is 0 Å². The second kappa shape index (κ2) is 11.4. The summed E-state index contributed by atoms with van der Waals surface area (Å²) in [5, 5.41) is 15.0. The Hall–Kier alpha value is -3.30. The van der Waals surface area contributed by atoms with Crippen molar-refractivity contribution in [3.63, 3.8) is 0 Å². The second-order valence-corrected chi connectivity index (χ2v) is 7.91. The molecule has 2 amide bonds. The summed E-state index contributed by atoms with van der Waals surface area (Å²) in [6, 6.07) is 13.9. The number of para-hydroxylation sites is 2. The largest absolute Gasteiger partial charge is 0.495 e. The number of thioether (sulfide) groups is 1. The number of hydrogen-bond acceptors (Lipinski definition) is 6. The lowest BCUT2D eigenvalue weighted by atomic mass is 10.2. The van der Waals surface area contributed by atoms with E-state index in [9.17, 15) is 9.59 Å². The number of aromatic nitrogens is 3. The molecule has 0 fully saturated rings. The number of hydrogen-bond donors (Lipinski definition) is 2. The normalized spacial score (nSPS) is 10.4. The molecule has 1 aromatic heterocycles. The molecule has 0 saturated heterocycles. The fraction of sp³-hybridized carbons (Fsp3) is 0.182. The minimum atomic E-state index is -0.272. The maximum atomic E-state index is 12.4. The lowest BCUT2D eigenvalue weighted by molar-refractivity contribution is -0.113. The van der Waals surface area contributed by atoms with Crippen molar-refractivity contribution in [2.24, 2.45) is 0 Å². The average Bonchev–Trinajstić information content (AvgIpc) is 3.18. The third-order valence-corrected chi connectivity index (χ3v) is 5.51. The minimum absolute atomic E-state index is 0.127. The highest BCUT2D eigenvalue weighted by atomic mass is 35.5. The molecule has 0 saturated carbocycles. The minimum Gasteiger partial charge on any atom is -0.495 e. The first-order valence-electron chi connectivity index (χ1n) is 9.64. The summed E-state index contributed by atoms with van der Waals surface area (Å²) in [6.07, 6.45) is 1.70. The van der Waals surface area contributed by atoms with Gasteiger partial charge in [0.15, 0.2) is 11.0 Å². The summed E-state index contributed by atoms with van der Waals surface area (Å²) in [5.74, 6) is 0.781. The lowest BCUT2D eigenvalue weighted by Crippen LogP contribution is -2.24. The zero-order valence-corrected chi connectivity index (χ0v) is 18.9. The van der Waals surface area contributed by atoms with Crippen molar-refractivity contribution in [2.45, 2.75) is 18.2 Å². The number of carbonyl (C=O) groups excluding carboxylic acids is 2. The molecule has 0 radical (unpaired) electrons. The van der Waals surface area contributed by atoms with E-state index in [1.165, 1.54) is 11.8 Å². The number of nitrogens with one attached hydrogen (secondary N) is 2. The molecule has 32 heavy (non-hydrogen) atoms. The van der Waals surface area contributed by atoms with E-state index in [2.05, 4.69) is 27.4 Å². The zero-order chi connectivity index (χ0) is 22.9. The Kier molecular flexibility index (Phi) is 8.29. The van der Waals surface area contributed by atoms with Crippen molar-refractivity contribution in [2.75, 3.05) is 18.2 Å². The van der Waals surface area contributed by atoms with Gasteiger partial charge in [0.25, 0.3) is 5.91 Å². The predicted octanol–water partition coefficient (Wildman–Crippen LogP) is 3.79. The molecule has 3 aromatic rings. The van der Waals surface area contributed by atoms with Gasteiger partial charge >= 0.3 is 0 Å². The van der Waals surface area contributed by atoms with Gasteiger partial charge < -0.3 is 19.9 Å². The maximum absolute atomic E-state index is 12.4. The molecule has 2 N–H and O–H groups in total. The molecule has 0 aliphatic heterocycles. The molecule has 0 aliphatic rings. The molecule has 1 heterocycles. The monoisotopic (exact) mass is 471 g/mol. The summed E-state index contributed by atoms with van der Waals surface area (Å²) >= 11 is 7.18. The Morgan fingerprint density at radius 1 is 1.22 bits per heavy atom. The number of nitrogens with zero attached hydrogens (tertiary/aromatic N) is 3. The van der Waals surface area contributed by atoms with E-state index >= 15 is 0 Å². The van der Waals surface area contributed by atoms with Crippen molar-refractivity contribution in [3.8, 4) is 5.75 Å². The highest BCUT2D eigenvalue weighted by Gasteiger charge is 2.15. The summed E-state index contributed by atoms with van der Waals surface area (Å²) in [7, 11) is 1.55. The first-order valence-corrected chi connectivity index (χ1v) is 11.0. The molecule has 0 spiro atoms. The number of carbonyl (C=O) groups is 2. The predicted molar refractivity (Wildman–Crippen MR) is 125 cm³/mol. The number of anilines is 1. The first kappa shape index (κ1) is 23.4. The Labute approximate surface area is 195 Å². The van der Waals surface area contributed by atoms with Crippen LogP contribution >= 0.6 is 23.4 Å². The van der Waals surface area contributed by atoms with E-state index in [0.29, 0.717) is 39.5 Å². The van der Waals surface area contributed by atoms with Gasteiger partial charge in [-0.3, -0.25) is 9.59 Å². The molecule has 166 valence electrons. The zero-order valence-electron chi connectivity index (χ0n) is 17.4. The van der Waals surface area contributed by atoms with Crippen LogP contribution in [0.1, 0.15) is 16.2 Å². The first-order chi connectivity index (χ1) is 15.5. The van der Waals surface area contributed by atoms with Gasteiger partial charge in [0, 0.05) is 17.1 Å². The highest BCUT2D eigenvalue weighted by Crippen LogP contribution is 2.24. The summed E-state index contributed by atoms with van der Waals surface area (Å²) in [6.45, 7) is 4.36. The molecular formula is C22H22ClN5O3S. The van der Waals surface area contributed by atoms with Gasteiger partial charge in [-0.05, 0) is 30.3 Å². The molecule has 8 nitrogen and oxygen atoms in total. The fourth-order valence-corrected chi connectivity index (χ4v) is 3.78. The van der Waals surface area contributed by atoms with Crippen LogP contribution in [0.5, 0.6) is 5.75 Å². The van der Waals surface area contributed by atoms with Gasteiger partial charge in [-0.2, -0.15) is 0 Å². The van der Waals surface area contributed by atoms with Crippen molar-refractivity contribution < 1.29 is 14.3 Å². The number of allylic oxidation sites excluding steroid dienone is 1. The molecular weight excluding hydrogens is 450 g/mol. The van der Waals surface area contributed by atoms with Crippen LogP contribution in [-0.4, -0.2) is 39.4 Å². The van der Waals surface area contributed by atoms with Gasteiger partial charge in [0.05, 0.1) is 25.1 Å². The molecule has 10 heteroatoms. The van der Waals surface area contributed by atoms with Crippen LogP contribution < -0.4 is 15.4 Å². The molecule has 0 unspecified atom stereocenters. The molecule has 3 rings (SSSR count).